The van der Waals surface area contributed by atoms with Crippen LogP contribution in [-0.2, 0) is 6.54 Å². The smallest absolute Gasteiger partial charge is 0.289 e. The number of H-pyrrole nitrogens is 1. The number of rotatable bonds is 6. The van der Waals surface area contributed by atoms with Crippen molar-refractivity contribution >= 4 is 56.6 Å². The first-order chi connectivity index (χ1) is 15.1. The minimum absolute atomic E-state index is 0.0128. The number of aromatic amines is 1. The molecule has 0 saturated carbocycles. The Hall–Kier alpha value is -2.82. The van der Waals surface area contributed by atoms with Crippen molar-refractivity contribution in [2.24, 2.45) is 0 Å². The van der Waals surface area contributed by atoms with E-state index in [1.54, 1.807) is 14.1 Å². The molecule has 0 spiro atoms. The number of ether oxygens (including phenoxy) is 1. The molecular formula is C20H17BrCl2FN5O3. The Balaban J connectivity index is 1.78. The number of amides is 2. The molecule has 2 aromatic carbocycles. The van der Waals surface area contributed by atoms with E-state index in [9.17, 15) is 9.59 Å². The summed E-state index contributed by atoms with van der Waals surface area (Å²) >= 11 is 15.2. The van der Waals surface area contributed by atoms with Crippen molar-refractivity contribution in [1.82, 2.24) is 20.2 Å². The molecule has 0 aliphatic heterocycles. The summed E-state index contributed by atoms with van der Waals surface area (Å²) in [5.41, 5.74) is 6.14. The fraction of sp³-hybridized carbons (Fsp3) is 0.150. The summed E-state index contributed by atoms with van der Waals surface area (Å²) in [5.74, 6) is -1.83. The van der Waals surface area contributed by atoms with Gasteiger partial charge in [-0.15, -0.1) is 0 Å². The van der Waals surface area contributed by atoms with Gasteiger partial charge in [0.05, 0.1) is 5.02 Å². The lowest BCUT2D eigenvalue weighted by Gasteiger charge is -2.13. The summed E-state index contributed by atoms with van der Waals surface area (Å²) in [6.07, 6.45) is 0. The summed E-state index contributed by atoms with van der Waals surface area (Å²) in [6.45, 7) is -0.188. The van der Waals surface area contributed by atoms with Crippen molar-refractivity contribution in [2.75, 3.05) is 19.8 Å². The molecule has 0 bridgehead atoms. The van der Waals surface area contributed by atoms with E-state index in [4.69, 9.17) is 33.7 Å². The molecule has 3 rings (SSSR count). The van der Waals surface area contributed by atoms with E-state index in [-0.39, 0.29) is 44.8 Å². The molecule has 1 aromatic heterocycles. The van der Waals surface area contributed by atoms with E-state index in [1.807, 2.05) is 0 Å². The van der Waals surface area contributed by atoms with Gasteiger partial charge in [-0.05, 0) is 34.1 Å². The third-order valence-electron chi connectivity index (χ3n) is 4.17. The van der Waals surface area contributed by atoms with E-state index in [1.165, 1.54) is 35.2 Å². The fourth-order valence-electron chi connectivity index (χ4n) is 2.64. The van der Waals surface area contributed by atoms with Gasteiger partial charge < -0.3 is 25.7 Å². The van der Waals surface area contributed by atoms with E-state index in [2.05, 4.69) is 31.2 Å². The van der Waals surface area contributed by atoms with Gasteiger partial charge in [0, 0.05) is 43.0 Å². The number of nitrogens with two attached hydrogens (primary N) is 1. The number of benzene rings is 2. The van der Waals surface area contributed by atoms with Crippen LogP contribution in [0, 0.1) is 5.82 Å². The minimum Gasteiger partial charge on any atom is -0.453 e. The molecule has 0 radical (unpaired) electrons. The summed E-state index contributed by atoms with van der Waals surface area (Å²) in [6, 6.07) is 7.30. The van der Waals surface area contributed by atoms with Crippen LogP contribution in [-0.4, -0.2) is 40.8 Å². The monoisotopic (exact) mass is 543 g/mol. The van der Waals surface area contributed by atoms with Crippen LogP contribution >= 0.6 is 39.1 Å². The predicted molar refractivity (Wildman–Crippen MR) is 123 cm³/mol. The summed E-state index contributed by atoms with van der Waals surface area (Å²) in [4.78, 5) is 32.5. The SMILES string of the molecule is CN(C)C(=O)c1nc(C(=O)NCc2ccc(Cl)c(Oc3cc(N)cc(Cl)c3)c2F)c(Br)[nH]1. The van der Waals surface area contributed by atoms with Gasteiger partial charge in [0.1, 0.15) is 10.4 Å². The molecule has 0 atom stereocenters. The molecule has 0 saturated heterocycles. The fourth-order valence-corrected chi connectivity index (χ4v) is 3.51. The highest BCUT2D eigenvalue weighted by Gasteiger charge is 2.22. The number of carbonyl (C=O) groups excluding carboxylic acids is 2. The highest BCUT2D eigenvalue weighted by Crippen LogP contribution is 2.35. The first-order valence-corrected chi connectivity index (χ1v) is 10.6. The zero-order valence-electron chi connectivity index (χ0n) is 16.8. The number of anilines is 1. The number of aromatic nitrogens is 2. The number of nitrogen functional groups attached to an aromatic ring is 1. The summed E-state index contributed by atoms with van der Waals surface area (Å²) < 4.78 is 20.8. The van der Waals surface area contributed by atoms with Crippen LogP contribution < -0.4 is 15.8 Å². The number of hydrogen-bond donors (Lipinski definition) is 3. The third kappa shape index (κ3) is 5.32. The van der Waals surface area contributed by atoms with E-state index in [0.29, 0.717) is 10.7 Å². The van der Waals surface area contributed by atoms with Gasteiger partial charge in [-0.25, -0.2) is 9.37 Å². The Labute approximate surface area is 201 Å². The summed E-state index contributed by atoms with van der Waals surface area (Å²) in [7, 11) is 3.11. The van der Waals surface area contributed by atoms with Gasteiger partial charge >= 0.3 is 0 Å². The maximum Gasteiger partial charge on any atom is 0.289 e. The molecule has 168 valence electrons. The number of nitrogens with zero attached hydrogens (tertiary/aromatic N) is 2. The number of halogens is 4. The molecule has 0 aliphatic carbocycles. The second-order valence-corrected chi connectivity index (χ2v) is 8.44. The second-order valence-electron chi connectivity index (χ2n) is 6.80. The Morgan fingerprint density at radius 1 is 1.28 bits per heavy atom. The van der Waals surface area contributed by atoms with Gasteiger partial charge in [-0.3, -0.25) is 9.59 Å². The van der Waals surface area contributed by atoms with Crippen molar-refractivity contribution in [2.45, 2.75) is 6.54 Å². The van der Waals surface area contributed by atoms with Crippen LogP contribution in [0.4, 0.5) is 10.1 Å². The number of carbonyl (C=O) groups is 2. The lowest BCUT2D eigenvalue weighted by molar-refractivity contribution is 0.0817. The van der Waals surface area contributed by atoms with Crippen LogP contribution in [0.5, 0.6) is 11.5 Å². The molecule has 8 nitrogen and oxygen atoms in total. The topological polar surface area (TPSA) is 113 Å². The highest BCUT2D eigenvalue weighted by atomic mass is 79.9. The zero-order chi connectivity index (χ0) is 23.6. The van der Waals surface area contributed by atoms with E-state index in [0.717, 1.165) is 0 Å². The molecule has 0 fully saturated rings. The van der Waals surface area contributed by atoms with Crippen LogP contribution in [0.25, 0.3) is 0 Å². The Morgan fingerprint density at radius 3 is 2.66 bits per heavy atom. The summed E-state index contributed by atoms with van der Waals surface area (Å²) in [5, 5.41) is 2.89. The quantitative estimate of drug-likeness (QED) is 0.392. The van der Waals surface area contributed by atoms with E-state index >= 15 is 4.39 Å². The van der Waals surface area contributed by atoms with Gasteiger partial charge in [0.25, 0.3) is 11.8 Å². The average Bonchev–Trinajstić information content (AvgIpc) is 3.10. The van der Waals surface area contributed by atoms with Gasteiger partial charge in [-0.2, -0.15) is 0 Å². The van der Waals surface area contributed by atoms with Crippen molar-refractivity contribution in [3.05, 3.63) is 67.9 Å². The Kier molecular flexibility index (Phi) is 7.27. The van der Waals surface area contributed by atoms with Crippen molar-refractivity contribution in [3.8, 4) is 11.5 Å². The molecular weight excluding hydrogens is 528 g/mol. The van der Waals surface area contributed by atoms with Crippen LogP contribution in [0.2, 0.25) is 10.0 Å². The molecule has 0 aliphatic rings. The maximum absolute atomic E-state index is 15.0. The Bertz CT molecular complexity index is 1180. The zero-order valence-corrected chi connectivity index (χ0v) is 19.9. The molecule has 32 heavy (non-hydrogen) atoms. The van der Waals surface area contributed by atoms with E-state index < -0.39 is 17.6 Å². The standard InChI is InChI=1S/C20H17BrCl2FN5O3/c1-29(2)20(31)18-27-15(17(21)28-18)19(30)26-8-9-3-4-13(23)16(14(9)24)32-12-6-10(22)5-11(25)7-12/h3-7H,8,25H2,1-2H3,(H,26,30)(H,27,28). The minimum atomic E-state index is -0.763. The molecule has 3 aromatic rings. The van der Waals surface area contributed by atoms with Crippen LogP contribution in [0.1, 0.15) is 26.7 Å². The number of hydrogen-bond acceptors (Lipinski definition) is 5. The molecule has 0 unspecified atom stereocenters. The molecule has 2 amide bonds. The van der Waals surface area contributed by atoms with Crippen LogP contribution in [0.15, 0.2) is 34.9 Å². The van der Waals surface area contributed by atoms with Crippen molar-refractivity contribution in [1.29, 1.82) is 0 Å². The van der Waals surface area contributed by atoms with Crippen LogP contribution in [0.3, 0.4) is 0 Å². The first-order valence-electron chi connectivity index (χ1n) is 9.03. The average molecular weight is 545 g/mol. The van der Waals surface area contributed by atoms with Crippen molar-refractivity contribution < 1.29 is 18.7 Å². The van der Waals surface area contributed by atoms with Gasteiger partial charge in [0.2, 0.25) is 0 Å². The normalized spacial score (nSPS) is 10.7. The predicted octanol–water partition coefficient (Wildman–Crippen LogP) is 4.62. The molecule has 1 heterocycles. The molecule has 12 heteroatoms. The van der Waals surface area contributed by atoms with Gasteiger partial charge in [0.15, 0.2) is 23.1 Å². The highest BCUT2D eigenvalue weighted by molar-refractivity contribution is 9.10. The Morgan fingerprint density at radius 2 is 2.00 bits per heavy atom. The maximum atomic E-state index is 15.0. The number of imidazole rings is 1. The van der Waals surface area contributed by atoms with Crippen molar-refractivity contribution in [3.63, 3.8) is 0 Å². The first kappa shape index (κ1) is 23.8. The molecule has 4 N–H and O–H groups in total. The largest absolute Gasteiger partial charge is 0.453 e. The lowest BCUT2D eigenvalue weighted by atomic mass is 10.2. The lowest BCUT2D eigenvalue weighted by Crippen LogP contribution is -2.25. The number of nitrogens with one attached hydrogen (secondary N) is 2. The second kappa shape index (κ2) is 9.76. The van der Waals surface area contributed by atoms with Gasteiger partial charge in [-0.1, -0.05) is 29.3 Å². The third-order valence-corrected chi connectivity index (χ3v) is 5.26.